The molecule has 1 N–H and O–H groups in total. The fourth-order valence-corrected chi connectivity index (χ4v) is 4.16. The van der Waals surface area contributed by atoms with Crippen LogP contribution in [0.15, 0.2) is 77.7 Å². The molecule has 156 valence electrons. The molecule has 30 heavy (non-hydrogen) atoms. The van der Waals surface area contributed by atoms with Crippen molar-refractivity contribution in [3.63, 3.8) is 0 Å². The average Bonchev–Trinajstić information content (AvgIpc) is 2.77. The van der Waals surface area contributed by atoms with Crippen LogP contribution in [0.4, 0.5) is 5.69 Å². The maximum Gasteiger partial charge on any atom is 0.264 e. The van der Waals surface area contributed by atoms with Crippen LogP contribution in [0.3, 0.4) is 0 Å². The summed E-state index contributed by atoms with van der Waals surface area (Å²) in [6, 6.07) is 20.6. The van der Waals surface area contributed by atoms with E-state index >= 15 is 0 Å². The molecule has 0 aromatic heterocycles. The van der Waals surface area contributed by atoms with Gasteiger partial charge in [0.15, 0.2) is 0 Å². The quantitative estimate of drug-likeness (QED) is 0.627. The molecular formula is C23H24N2O4S. The van der Waals surface area contributed by atoms with E-state index in [4.69, 9.17) is 4.74 Å². The Kier molecular flexibility index (Phi) is 6.42. The number of methoxy groups -OCH3 is 1. The van der Waals surface area contributed by atoms with E-state index in [-0.39, 0.29) is 16.4 Å². The highest BCUT2D eigenvalue weighted by Gasteiger charge is 2.22. The van der Waals surface area contributed by atoms with E-state index in [1.807, 2.05) is 43.3 Å². The number of carbonyl (C=O) groups excluding carboxylic acids is 1. The van der Waals surface area contributed by atoms with Crippen molar-refractivity contribution in [2.75, 3.05) is 18.5 Å². The zero-order chi connectivity index (χ0) is 21.7. The average molecular weight is 425 g/mol. The van der Waals surface area contributed by atoms with Gasteiger partial charge >= 0.3 is 0 Å². The van der Waals surface area contributed by atoms with Crippen molar-refractivity contribution in [3.8, 4) is 5.75 Å². The number of carbonyl (C=O) groups is 1. The van der Waals surface area contributed by atoms with Gasteiger partial charge in [-0.3, -0.25) is 9.10 Å². The van der Waals surface area contributed by atoms with Gasteiger partial charge < -0.3 is 10.1 Å². The summed E-state index contributed by atoms with van der Waals surface area (Å²) in [6.07, 6.45) is 0. The SMILES string of the molecule is COc1cccc(CNC(=O)c2cccc(S(=O)(=O)N(C)c3ccc(C)cc3)c2)c1. The van der Waals surface area contributed by atoms with E-state index in [1.165, 1.54) is 23.5 Å². The van der Waals surface area contributed by atoms with Gasteiger partial charge in [-0.15, -0.1) is 0 Å². The second kappa shape index (κ2) is 9.00. The van der Waals surface area contributed by atoms with Crippen LogP contribution in [0, 0.1) is 6.92 Å². The molecule has 3 aromatic rings. The largest absolute Gasteiger partial charge is 0.497 e. The summed E-state index contributed by atoms with van der Waals surface area (Å²) < 4.78 is 32.4. The molecule has 0 unspecified atom stereocenters. The Morgan fingerprint density at radius 3 is 2.40 bits per heavy atom. The maximum absolute atomic E-state index is 13.0. The molecule has 0 fully saturated rings. The van der Waals surface area contributed by atoms with Crippen molar-refractivity contribution >= 4 is 21.6 Å². The molecule has 0 aliphatic heterocycles. The van der Waals surface area contributed by atoms with Crippen LogP contribution < -0.4 is 14.4 Å². The van der Waals surface area contributed by atoms with Crippen molar-refractivity contribution in [2.24, 2.45) is 0 Å². The van der Waals surface area contributed by atoms with Crippen molar-refractivity contribution in [2.45, 2.75) is 18.4 Å². The van der Waals surface area contributed by atoms with Gasteiger partial charge in [-0.25, -0.2) is 8.42 Å². The molecule has 3 rings (SSSR count). The molecule has 0 aliphatic rings. The molecule has 0 radical (unpaired) electrons. The molecule has 6 nitrogen and oxygen atoms in total. The van der Waals surface area contributed by atoms with Crippen LogP contribution in [-0.4, -0.2) is 28.5 Å². The Morgan fingerprint density at radius 1 is 1.00 bits per heavy atom. The molecule has 0 aliphatic carbocycles. The van der Waals surface area contributed by atoms with Crippen LogP contribution in [0.1, 0.15) is 21.5 Å². The van der Waals surface area contributed by atoms with Gasteiger partial charge in [0.1, 0.15) is 5.75 Å². The fourth-order valence-electron chi connectivity index (χ4n) is 2.92. The van der Waals surface area contributed by atoms with Crippen molar-refractivity contribution in [3.05, 3.63) is 89.5 Å². The van der Waals surface area contributed by atoms with E-state index in [9.17, 15) is 13.2 Å². The summed E-state index contributed by atoms with van der Waals surface area (Å²) in [5, 5.41) is 2.81. The lowest BCUT2D eigenvalue weighted by molar-refractivity contribution is 0.0950. The molecule has 0 heterocycles. The number of aryl methyl sites for hydroxylation is 1. The molecule has 7 heteroatoms. The third-order valence-corrected chi connectivity index (χ3v) is 6.52. The van der Waals surface area contributed by atoms with Gasteiger partial charge in [-0.1, -0.05) is 35.9 Å². The number of benzene rings is 3. The Balaban J connectivity index is 1.77. The van der Waals surface area contributed by atoms with Crippen LogP contribution >= 0.6 is 0 Å². The first-order valence-electron chi connectivity index (χ1n) is 9.38. The smallest absolute Gasteiger partial charge is 0.264 e. The molecule has 0 atom stereocenters. The number of rotatable bonds is 7. The summed E-state index contributed by atoms with van der Waals surface area (Å²) >= 11 is 0. The van der Waals surface area contributed by atoms with Crippen molar-refractivity contribution < 1.29 is 17.9 Å². The molecule has 3 aromatic carbocycles. The van der Waals surface area contributed by atoms with Crippen molar-refractivity contribution in [1.29, 1.82) is 0 Å². The highest BCUT2D eigenvalue weighted by molar-refractivity contribution is 7.92. The number of hydrogen-bond donors (Lipinski definition) is 1. The van der Waals surface area contributed by atoms with E-state index in [0.717, 1.165) is 11.1 Å². The fraction of sp³-hybridized carbons (Fsp3) is 0.174. The highest BCUT2D eigenvalue weighted by Crippen LogP contribution is 2.23. The molecule has 1 amide bonds. The summed E-state index contributed by atoms with van der Waals surface area (Å²) in [5.41, 5.74) is 2.74. The van der Waals surface area contributed by atoms with Crippen LogP contribution in [0.2, 0.25) is 0 Å². The first kappa shape index (κ1) is 21.4. The Morgan fingerprint density at radius 2 is 1.70 bits per heavy atom. The minimum absolute atomic E-state index is 0.0552. The van der Waals surface area contributed by atoms with Gasteiger partial charge in [0.05, 0.1) is 17.7 Å². The van der Waals surface area contributed by atoms with Crippen molar-refractivity contribution in [1.82, 2.24) is 5.32 Å². The molecule has 0 spiro atoms. The normalized spacial score (nSPS) is 11.0. The topological polar surface area (TPSA) is 75.7 Å². The number of nitrogens with zero attached hydrogens (tertiary/aromatic N) is 1. The lowest BCUT2D eigenvalue weighted by Gasteiger charge is -2.20. The van der Waals surface area contributed by atoms with Gasteiger partial charge in [0.2, 0.25) is 0 Å². The Bertz CT molecular complexity index is 1140. The van der Waals surface area contributed by atoms with E-state index in [1.54, 1.807) is 31.4 Å². The van der Waals surface area contributed by atoms with Gasteiger partial charge in [0, 0.05) is 19.2 Å². The first-order chi connectivity index (χ1) is 14.3. The Hall–Kier alpha value is -3.32. The summed E-state index contributed by atoms with van der Waals surface area (Å²) in [7, 11) is -0.724. The number of sulfonamides is 1. The molecule has 0 saturated carbocycles. The second-order valence-corrected chi connectivity index (χ2v) is 8.84. The van der Waals surface area contributed by atoms with E-state index in [2.05, 4.69) is 5.32 Å². The maximum atomic E-state index is 13.0. The number of hydrogen-bond acceptors (Lipinski definition) is 4. The standard InChI is InChI=1S/C23H24N2O4S/c1-17-10-12-20(13-11-17)25(2)30(27,28)22-9-5-7-19(15-22)23(26)24-16-18-6-4-8-21(14-18)29-3/h4-15H,16H2,1-3H3,(H,24,26). The molecule has 0 bridgehead atoms. The van der Waals surface area contributed by atoms with Crippen LogP contribution in [-0.2, 0) is 16.6 Å². The summed E-state index contributed by atoms with van der Waals surface area (Å²) in [5.74, 6) is 0.349. The predicted molar refractivity (Wildman–Crippen MR) is 117 cm³/mol. The third-order valence-electron chi connectivity index (χ3n) is 4.74. The third kappa shape index (κ3) is 4.80. The summed E-state index contributed by atoms with van der Waals surface area (Å²) in [4.78, 5) is 12.6. The lowest BCUT2D eigenvalue weighted by Crippen LogP contribution is -2.27. The predicted octanol–water partition coefficient (Wildman–Crippen LogP) is 3.76. The zero-order valence-corrected chi connectivity index (χ0v) is 17.9. The molecule has 0 saturated heterocycles. The summed E-state index contributed by atoms with van der Waals surface area (Å²) in [6.45, 7) is 2.24. The minimum Gasteiger partial charge on any atom is -0.497 e. The number of ether oxygens (including phenoxy) is 1. The van der Waals surface area contributed by atoms with E-state index in [0.29, 0.717) is 18.0 Å². The number of nitrogens with one attached hydrogen (secondary N) is 1. The number of anilines is 1. The first-order valence-corrected chi connectivity index (χ1v) is 10.8. The van der Waals surface area contributed by atoms with Gasteiger partial charge in [0.25, 0.3) is 15.9 Å². The van der Waals surface area contributed by atoms with Crippen LogP contribution in [0.25, 0.3) is 0 Å². The highest BCUT2D eigenvalue weighted by atomic mass is 32.2. The second-order valence-electron chi connectivity index (χ2n) is 6.87. The lowest BCUT2D eigenvalue weighted by atomic mass is 10.2. The minimum atomic E-state index is -3.80. The van der Waals surface area contributed by atoms with E-state index < -0.39 is 10.0 Å². The molecular weight excluding hydrogens is 400 g/mol. The monoisotopic (exact) mass is 424 g/mol. The Labute approximate surface area is 177 Å². The van der Waals surface area contributed by atoms with Gasteiger partial charge in [-0.2, -0.15) is 0 Å². The van der Waals surface area contributed by atoms with Crippen LogP contribution in [0.5, 0.6) is 5.75 Å². The zero-order valence-electron chi connectivity index (χ0n) is 17.1. The number of amides is 1. The van der Waals surface area contributed by atoms with Gasteiger partial charge in [-0.05, 0) is 55.0 Å².